The molecule has 1 fully saturated rings. The number of aliphatic hydroxyl groups is 3. The lowest BCUT2D eigenvalue weighted by molar-refractivity contribution is 0.0696. The number of carboxylic acid groups (broad SMARTS) is 1. The van der Waals surface area contributed by atoms with E-state index >= 15 is 0 Å². The highest BCUT2D eigenvalue weighted by atomic mass is 32.2. The van der Waals surface area contributed by atoms with Crippen molar-refractivity contribution in [2.45, 2.75) is 119 Å². The van der Waals surface area contributed by atoms with Crippen LogP contribution in [0.4, 0.5) is 31.5 Å². The van der Waals surface area contributed by atoms with Crippen LogP contribution < -0.4 is 32.7 Å². The molecule has 1 aliphatic rings. The summed E-state index contributed by atoms with van der Waals surface area (Å²) in [5.41, 5.74) is 26.1. The van der Waals surface area contributed by atoms with Crippen LogP contribution in [0.25, 0.3) is 0 Å². The highest BCUT2D eigenvalue weighted by Gasteiger charge is 2.29. The molecular formula is C108H114F2N6O7S4. The monoisotopic (exact) mass is 1770 g/mol. The fourth-order valence-electron chi connectivity index (χ4n) is 12.9. The van der Waals surface area contributed by atoms with Crippen LogP contribution in [0.1, 0.15) is 79.1 Å². The number of nitrogen functional groups attached to an aromatic ring is 1. The lowest BCUT2D eigenvalue weighted by Crippen LogP contribution is -2.47. The molecule has 0 unspecified atom stereocenters. The van der Waals surface area contributed by atoms with Crippen LogP contribution in [0.15, 0.2) is 408 Å². The molecule has 1 saturated heterocycles. The Morgan fingerprint density at radius 2 is 0.646 bits per heavy atom. The molecule has 656 valence electrons. The first-order chi connectivity index (χ1) is 61.9. The predicted octanol–water partition coefficient (Wildman–Crippen LogP) is 23.2. The Kier molecular flexibility index (Phi) is 42.2. The van der Waals surface area contributed by atoms with Gasteiger partial charge in [-0.25, -0.2) is 13.6 Å². The van der Waals surface area contributed by atoms with Gasteiger partial charge in [0.25, 0.3) is 5.91 Å². The Hall–Kier alpha value is -11.7. The molecule has 0 aromatic heterocycles. The van der Waals surface area contributed by atoms with Crippen molar-refractivity contribution in [1.29, 1.82) is 0 Å². The Bertz CT molecular complexity index is 5200. The van der Waals surface area contributed by atoms with Gasteiger partial charge in [-0.1, -0.05) is 257 Å². The third-order valence-corrected chi connectivity index (χ3v) is 24.9. The first kappa shape index (κ1) is 97.5. The van der Waals surface area contributed by atoms with Crippen molar-refractivity contribution in [1.82, 2.24) is 5.32 Å². The molecule has 1 heterocycles. The first-order valence-corrected chi connectivity index (χ1v) is 46.5. The first-order valence-electron chi connectivity index (χ1n) is 42.5. The van der Waals surface area contributed by atoms with Crippen LogP contribution in [0, 0.1) is 23.5 Å². The maximum atomic E-state index is 13.3. The van der Waals surface area contributed by atoms with Gasteiger partial charge in [-0.15, -0.1) is 47.0 Å². The summed E-state index contributed by atoms with van der Waals surface area (Å²) in [6, 6.07) is 124. The van der Waals surface area contributed by atoms with E-state index in [1.807, 2.05) is 187 Å². The third-order valence-electron chi connectivity index (χ3n) is 20.5. The third kappa shape index (κ3) is 38.2. The van der Waals surface area contributed by atoms with Crippen LogP contribution in [0.5, 0.6) is 0 Å². The molecule has 0 saturated carbocycles. The Balaban J connectivity index is 0.000000167. The number of rotatable bonds is 36. The number of benzene rings is 14. The number of nitrogens with one attached hydrogen (secondary N) is 4. The number of thioether (sulfide) groups is 4. The van der Waals surface area contributed by atoms with E-state index < -0.39 is 35.9 Å². The quantitative estimate of drug-likeness (QED) is 0.0100. The molecule has 14 aromatic rings. The summed E-state index contributed by atoms with van der Waals surface area (Å²) in [6.45, 7) is 6.58. The molecule has 0 spiro atoms. The fourth-order valence-corrected chi connectivity index (χ4v) is 16.4. The molecule has 1 amide bonds. The van der Waals surface area contributed by atoms with Crippen molar-refractivity contribution in [3.8, 4) is 0 Å². The molecule has 8 atom stereocenters. The number of nitrogens with two attached hydrogens (primary N) is 2. The number of ether oxygens (including phenoxy) is 1. The standard InChI is InChI=1S/C30H29FN2O2S.C24H27NOS.C23H26N2OS.C13H13NS.C11H14O.C7H5FO2/c31-25-13-11-24(12-14-25)30(35)33-28(19-22-7-3-1-4-8-22)29(34)20-32-26-15-17-27(18-16-26)36-21-23-9-5-2-6-10-23;1-19(16-20-8-4-2-5-9-20)24(26)17-25-22-12-14-23(15-13-22)27-18-21-10-6-3-7-11-21;24-22(15-18-7-3-1-4-8-18)23(26)16-25-20-11-13-21(14-12-20)27-17-19-9-5-2-6-10-19;14-12-6-8-13(9-7-12)15-10-11-4-2-1-3-5-11;1-9(11-8-12-11)7-10-5-3-2-4-6-10;8-6-3-1-5(2-4-6)7(9)10/h1-18,28-29,32,34H,19-21H2,(H,33,35);2-15,19,24-26H,16-18H2,1H3;1-14,22-23,25-26H,15-17,24H2;1-9H,10,14H2;2-6,9,11H,7-8H2,1H3;1-4H,(H,9,10)/t28-,29-;19-,24-;22-,23-;;9-,11-;/m000.0./s1. The summed E-state index contributed by atoms with van der Waals surface area (Å²) in [5.74, 6) is 2.50. The fraction of sp³-hybridized carbons (Fsp3) is 0.204. The van der Waals surface area contributed by atoms with E-state index in [1.54, 1.807) is 11.8 Å². The van der Waals surface area contributed by atoms with E-state index in [4.69, 9.17) is 21.3 Å². The van der Waals surface area contributed by atoms with Gasteiger partial charge < -0.3 is 57.9 Å². The van der Waals surface area contributed by atoms with Crippen LogP contribution in [-0.2, 0) is 53.4 Å². The van der Waals surface area contributed by atoms with Gasteiger partial charge in [-0.2, -0.15) is 0 Å². The molecule has 0 aliphatic carbocycles. The molecule has 12 N–H and O–H groups in total. The van der Waals surface area contributed by atoms with Gasteiger partial charge in [0.05, 0.1) is 42.6 Å². The van der Waals surface area contributed by atoms with E-state index in [2.05, 4.69) is 223 Å². The molecule has 127 heavy (non-hydrogen) atoms. The topological polar surface area (TPSA) is 228 Å². The maximum absolute atomic E-state index is 13.3. The number of halogens is 2. The Labute approximate surface area is 764 Å². The number of aliphatic hydroxyl groups excluding tert-OH is 3. The van der Waals surface area contributed by atoms with Crippen molar-refractivity contribution < 1.29 is 43.5 Å². The number of epoxide rings is 1. The maximum Gasteiger partial charge on any atom is 0.335 e. The summed E-state index contributed by atoms with van der Waals surface area (Å²) in [5, 5.41) is 52.9. The van der Waals surface area contributed by atoms with Gasteiger partial charge in [0.15, 0.2) is 0 Å². The zero-order valence-electron chi connectivity index (χ0n) is 71.6. The molecular weight excluding hydrogens is 1660 g/mol. The summed E-state index contributed by atoms with van der Waals surface area (Å²) in [6.07, 6.45) is 1.87. The van der Waals surface area contributed by atoms with Gasteiger partial charge in [-0.05, 0) is 228 Å². The number of hydrogen-bond donors (Lipinski definition) is 10. The van der Waals surface area contributed by atoms with Gasteiger partial charge in [-0.3, -0.25) is 4.79 Å². The summed E-state index contributed by atoms with van der Waals surface area (Å²) >= 11 is 7.25. The number of carbonyl (C=O) groups excluding carboxylic acids is 1. The zero-order chi connectivity index (χ0) is 89.4. The number of aromatic carboxylic acids is 1. The minimum Gasteiger partial charge on any atom is -0.478 e. The number of carboxylic acids is 1. The SMILES string of the molecule is C[C@@H](Cc1ccccc1)[C@@H](O)CNc1ccc(SCc2ccccc2)cc1.C[C@@H](Cc1ccccc1)[C@@H]1CO1.N[C@@H](Cc1ccccc1)[C@@H](O)CNc1ccc(SCc2ccccc2)cc1.Nc1ccc(SCc2ccccc2)cc1.O=C(N[C@@H](Cc1ccccc1)[C@@H](O)CNc1ccc(SCc2ccccc2)cc1)c1ccc(F)cc1.O=C(O)c1ccc(F)cc1. The van der Waals surface area contributed by atoms with Crippen molar-refractivity contribution >= 4 is 81.7 Å². The molecule has 15 rings (SSSR count). The normalized spacial score (nSPS) is 13.3. The Morgan fingerprint density at radius 1 is 0.362 bits per heavy atom. The van der Waals surface area contributed by atoms with Gasteiger partial charge in [0.2, 0.25) is 0 Å². The van der Waals surface area contributed by atoms with E-state index in [-0.39, 0.29) is 36.1 Å². The highest BCUT2D eigenvalue weighted by Crippen LogP contribution is 2.30. The van der Waals surface area contributed by atoms with Crippen LogP contribution in [0.3, 0.4) is 0 Å². The number of amides is 1. The van der Waals surface area contributed by atoms with Crippen LogP contribution in [-0.4, -0.2) is 95.0 Å². The number of carbonyl (C=O) groups is 2. The second-order valence-electron chi connectivity index (χ2n) is 30.7. The van der Waals surface area contributed by atoms with E-state index in [0.29, 0.717) is 43.5 Å². The lowest BCUT2D eigenvalue weighted by atomic mass is 9.96. The van der Waals surface area contributed by atoms with Crippen LogP contribution in [0.2, 0.25) is 0 Å². The highest BCUT2D eigenvalue weighted by molar-refractivity contribution is 7.99. The minimum absolute atomic E-state index is 0.0985. The molecule has 14 aromatic carbocycles. The van der Waals surface area contributed by atoms with Gasteiger partial charge in [0.1, 0.15) is 11.6 Å². The van der Waals surface area contributed by atoms with Crippen molar-refractivity contribution in [3.63, 3.8) is 0 Å². The van der Waals surface area contributed by atoms with E-state index in [9.17, 15) is 33.7 Å². The number of hydrogen-bond acceptors (Lipinski definition) is 15. The Morgan fingerprint density at radius 3 is 0.976 bits per heavy atom. The molecule has 19 heteroatoms. The van der Waals surface area contributed by atoms with E-state index in [1.165, 1.54) is 89.4 Å². The molecule has 0 radical (unpaired) electrons. The average Bonchev–Trinajstić information content (AvgIpc) is 1.84. The summed E-state index contributed by atoms with van der Waals surface area (Å²) < 4.78 is 30.7. The van der Waals surface area contributed by atoms with Crippen molar-refractivity contribution in [3.05, 3.63) is 456 Å². The minimum atomic E-state index is -1.04. The van der Waals surface area contributed by atoms with Gasteiger partial charge >= 0.3 is 5.97 Å². The predicted molar refractivity (Wildman–Crippen MR) is 525 cm³/mol. The van der Waals surface area contributed by atoms with Gasteiger partial charge in [0, 0.05) is 96.6 Å². The second-order valence-corrected chi connectivity index (χ2v) is 34.9. The molecule has 13 nitrogen and oxygen atoms in total. The number of anilines is 4. The van der Waals surface area contributed by atoms with Crippen molar-refractivity contribution in [2.75, 3.05) is 47.9 Å². The average molecular weight is 1770 g/mol. The summed E-state index contributed by atoms with van der Waals surface area (Å²) in [7, 11) is 0. The smallest absolute Gasteiger partial charge is 0.335 e. The molecule has 0 bridgehead atoms. The van der Waals surface area contributed by atoms with E-state index in [0.717, 1.165) is 88.5 Å². The van der Waals surface area contributed by atoms with Crippen LogP contribution >= 0.6 is 47.0 Å². The summed E-state index contributed by atoms with van der Waals surface area (Å²) in [4.78, 5) is 27.9. The van der Waals surface area contributed by atoms with Crippen molar-refractivity contribution in [2.24, 2.45) is 17.6 Å². The zero-order valence-corrected chi connectivity index (χ0v) is 74.9. The second kappa shape index (κ2) is 55.0. The molecule has 1 aliphatic heterocycles. The largest absolute Gasteiger partial charge is 0.478 e. The lowest BCUT2D eigenvalue weighted by Gasteiger charge is -2.25.